The summed E-state index contributed by atoms with van der Waals surface area (Å²) < 4.78 is 0. The van der Waals surface area contributed by atoms with Crippen LogP contribution >= 0.6 is 0 Å². The van der Waals surface area contributed by atoms with Gasteiger partial charge in [-0.3, -0.25) is 0 Å². The molecular formula is C33H58. The van der Waals surface area contributed by atoms with E-state index in [1.807, 2.05) is 0 Å². The molecule has 0 aromatic carbocycles. The summed E-state index contributed by atoms with van der Waals surface area (Å²) in [6, 6.07) is 0. The summed E-state index contributed by atoms with van der Waals surface area (Å²) in [4.78, 5) is 0. The van der Waals surface area contributed by atoms with Crippen LogP contribution in [0.5, 0.6) is 0 Å². The molecule has 0 heteroatoms. The highest BCUT2D eigenvalue weighted by atomic mass is 14.5. The van der Waals surface area contributed by atoms with Crippen molar-refractivity contribution in [3.8, 4) is 0 Å². The van der Waals surface area contributed by atoms with E-state index in [9.17, 15) is 0 Å². The van der Waals surface area contributed by atoms with Crippen LogP contribution < -0.4 is 0 Å². The van der Waals surface area contributed by atoms with Gasteiger partial charge in [0.25, 0.3) is 0 Å². The predicted molar refractivity (Wildman–Crippen MR) is 143 cm³/mol. The van der Waals surface area contributed by atoms with Gasteiger partial charge in [0, 0.05) is 0 Å². The molecule has 5 fully saturated rings. The van der Waals surface area contributed by atoms with Crippen LogP contribution in [0.4, 0.5) is 0 Å². The van der Waals surface area contributed by atoms with Crippen molar-refractivity contribution in [2.75, 3.05) is 0 Å². The van der Waals surface area contributed by atoms with Crippen molar-refractivity contribution < 1.29 is 0 Å². The zero-order chi connectivity index (χ0) is 22.8. The second-order valence-corrected chi connectivity index (χ2v) is 14.8. The van der Waals surface area contributed by atoms with E-state index in [0.717, 1.165) is 53.3 Å². The summed E-state index contributed by atoms with van der Waals surface area (Å²) in [5, 5.41) is 0. The first-order valence-corrected chi connectivity index (χ1v) is 16.0. The van der Waals surface area contributed by atoms with E-state index in [4.69, 9.17) is 0 Å². The largest absolute Gasteiger partial charge is 0.0651 e. The van der Waals surface area contributed by atoms with Gasteiger partial charge in [-0.1, -0.05) is 78.6 Å². The van der Waals surface area contributed by atoms with E-state index in [1.165, 1.54) is 44.9 Å². The van der Waals surface area contributed by atoms with Crippen molar-refractivity contribution in [2.45, 2.75) is 149 Å². The first-order chi connectivity index (χ1) is 16.0. The lowest BCUT2D eigenvalue weighted by atomic mass is 9.57. The van der Waals surface area contributed by atoms with Crippen LogP contribution in [0.25, 0.3) is 0 Å². The molecule has 9 atom stereocenters. The Hall–Kier alpha value is 0. The molecule has 0 aliphatic heterocycles. The van der Waals surface area contributed by atoms with Gasteiger partial charge in [-0.05, 0) is 129 Å². The van der Waals surface area contributed by atoms with Gasteiger partial charge >= 0.3 is 0 Å². The third-order valence-electron chi connectivity index (χ3n) is 12.5. The number of hydrogen-bond acceptors (Lipinski definition) is 0. The Labute approximate surface area is 207 Å². The van der Waals surface area contributed by atoms with Crippen molar-refractivity contribution in [3.63, 3.8) is 0 Å². The topological polar surface area (TPSA) is 0 Å². The summed E-state index contributed by atoms with van der Waals surface area (Å²) in [6.45, 7) is 7.67. The highest BCUT2D eigenvalue weighted by molar-refractivity contribution is 4.94. The fraction of sp³-hybridized carbons (Fsp3) is 1.00. The monoisotopic (exact) mass is 454 g/mol. The second-order valence-electron chi connectivity index (χ2n) is 14.8. The average Bonchev–Trinajstić information content (AvgIpc) is 3.32. The number of rotatable bonds is 3. The molecule has 5 saturated carbocycles. The fourth-order valence-electron chi connectivity index (χ4n) is 10.4. The second kappa shape index (κ2) is 10.9. The quantitative estimate of drug-likeness (QED) is 0.398. The molecule has 0 aromatic heterocycles. The summed E-state index contributed by atoms with van der Waals surface area (Å²) in [7, 11) is 0. The molecule has 5 aliphatic carbocycles. The van der Waals surface area contributed by atoms with Crippen LogP contribution in [0.1, 0.15) is 149 Å². The Kier molecular flexibility index (Phi) is 8.19. The predicted octanol–water partition coefficient (Wildman–Crippen LogP) is 10.4. The van der Waals surface area contributed by atoms with Crippen molar-refractivity contribution in [3.05, 3.63) is 0 Å². The zero-order valence-corrected chi connectivity index (χ0v) is 22.8. The Morgan fingerprint density at radius 2 is 1.06 bits per heavy atom. The molecule has 5 rings (SSSR count). The third-order valence-corrected chi connectivity index (χ3v) is 12.5. The maximum atomic E-state index is 2.61. The Bertz CT molecular complexity index is 603. The van der Waals surface area contributed by atoms with Gasteiger partial charge in [0.15, 0.2) is 0 Å². The summed E-state index contributed by atoms with van der Waals surface area (Å²) in [5.74, 6) is 9.80. The third kappa shape index (κ3) is 5.88. The normalized spacial score (nSPS) is 46.8. The Morgan fingerprint density at radius 3 is 1.88 bits per heavy atom. The van der Waals surface area contributed by atoms with Crippen LogP contribution in [-0.2, 0) is 0 Å². The molecule has 33 heavy (non-hydrogen) atoms. The number of hydrogen-bond donors (Lipinski definition) is 0. The lowest BCUT2D eigenvalue weighted by Gasteiger charge is -2.48. The van der Waals surface area contributed by atoms with E-state index in [-0.39, 0.29) is 0 Å². The molecule has 0 nitrogen and oxygen atoms in total. The molecule has 0 bridgehead atoms. The zero-order valence-electron chi connectivity index (χ0n) is 22.8. The van der Waals surface area contributed by atoms with Gasteiger partial charge in [0.1, 0.15) is 0 Å². The van der Waals surface area contributed by atoms with Crippen LogP contribution in [0, 0.1) is 58.7 Å². The lowest BCUT2D eigenvalue weighted by molar-refractivity contribution is 0.0190. The van der Waals surface area contributed by atoms with Crippen molar-refractivity contribution >= 4 is 0 Å². The molecule has 0 heterocycles. The Balaban J connectivity index is 1.27. The highest BCUT2D eigenvalue weighted by Crippen LogP contribution is 2.54. The maximum absolute atomic E-state index is 2.61. The van der Waals surface area contributed by atoms with E-state index < -0.39 is 0 Å². The van der Waals surface area contributed by atoms with E-state index in [2.05, 4.69) is 20.8 Å². The fourth-order valence-corrected chi connectivity index (χ4v) is 10.4. The molecule has 190 valence electrons. The van der Waals surface area contributed by atoms with Gasteiger partial charge in [0.2, 0.25) is 0 Å². The van der Waals surface area contributed by atoms with Crippen molar-refractivity contribution in [2.24, 2.45) is 58.7 Å². The first kappa shape index (κ1) is 24.7. The molecule has 5 aliphatic rings. The molecule has 0 aromatic rings. The van der Waals surface area contributed by atoms with Gasteiger partial charge in [-0.2, -0.15) is 0 Å². The van der Waals surface area contributed by atoms with E-state index in [1.54, 1.807) is 83.5 Å². The molecule has 0 amide bonds. The van der Waals surface area contributed by atoms with Gasteiger partial charge in [0.05, 0.1) is 0 Å². The van der Waals surface area contributed by atoms with Crippen LogP contribution in [0.15, 0.2) is 0 Å². The average molecular weight is 455 g/mol. The van der Waals surface area contributed by atoms with Crippen molar-refractivity contribution in [1.82, 2.24) is 0 Å². The SMILES string of the molecule is CCC1CCCC(C2CCC(C3CCCC(C)(C)CCC4C(CCC5CCCCC54)C3)C2)C1. The summed E-state index contributed by atoms with van der Waals surface area (Å²) in [6.07, 6.45) is 31.2. The van der Waals surface area contributed by atoms with Crippen LogP contribution in [-0.4, -0.2) is 0 Å². The van der Waals surface area contributed by atoms with E-state index in [0.29, 0.717) is 5.41 Å². The molecule has 9 unspecified atom stereocenters. The van der Waals surface area contributed by atoms with Crippen LogP contribution in [0.2, 0.25) is 0 Å². The molecule has 0 spiro atoms. The molecule has 0 N–H and O–H groups in total. The van der Waals surface area contributed by atoms with Crippen molar-refractivity contribution in [1.29, 1.82) is 0 Å². The summed E-state index contributed by atoms with van der Waals surface area (Å²) in [5.41, 5.74) is 0.587. The molecular weight excluding hydrogens is 396 g/mol. The Morgan fingerprint density at radius 1 is 0.485 bits per heavy atom. The minimum Gasteiger partial charge on any atom is -0.0651 e. The highest BCUT2D eigenvalue weighted by Gasteiger charge is 2.43. The maximum Gasteiger partial charge on any atom is -0.0354 e. The molecule has 0 radical (unpaired) electrons. The van der Waals surface area contributed by atoms with Gasteiger partial charge in [-0.15, -0.1) is 0 Å². The number of fused-ring (bicyclic) bond motifs is 3. The minimum atomic E-state index is 0.587. The van der Waals surface area contributed by atoms with Crippen LogP contribution in [0.3, 0.4) is 0 Å². The minimum absolute atomic E-state index is 0.587. The standard InChI is InChI=1S/C33H58/c1-4-24-9-7-11-26(21-24)28-15-16-29(22-28)27-12-8-19-33(2,3)20-18-32-30(23-27)17-14-25-10-5-6-13-31(25)32/h24-32H,4-23H2,1-3H3. The van der Waals surface area contributed by atoms with Gasteiger partial charge < -0.3 is 0 Å². The smallest absolute Gasteiger partial charge is 0.0354 e. The molecule has 0 saturated heterocycles. The lowest BCUT2D eigenvalue weighted by Crippen LogP contribution is -2.39. The van der Waals surface area contributed by atoms with E-state index >= 15 is 0 Å². The van der Waals surface area contributed by atoms with Gasteiger partial charge in [-0.25, -0.2) is 0 Å². The summed E-state index contributed by atoms with van der Waals surface area (Å²) >= 11 is 0. The first-order valence-electron chi connectivity index (χ1n) is 16.0.